The molecule has 0 aliphatic heterocycles. The van der Waals surface area contributed by atoms with Gasteiger partial charge >= 0.3 is 0 Å². The molecule has 0 aromatic rings. The van der Waals surface area contributed by atoms with Crippen molar-refractivity contribution >= 4 is 0 Å². The van der Waals surface area contributed by atoms with Gasteiger partial charge in [-0.15, -0.1) is 0 Å². The van der Waals surface area contributed by atoms with Crippen molar-refractivity contribution in [1.82, 2.24) is 0 Å². The van der Waals surface area contributed by atoms with Gasteiger partial charge < -0.3 is 4.74 Å². The Morgan fingerprint density at radius 3 is 1.35 bits per heavy atom. The monoisotopic (exact) mass is 326 g/mol. The molecule has 0 bridgehead atoms. The molecule has 1 nitrogen and oxygen atoms in total. The van der Waals surface area contributed by atoms with Crippen molar-refractivity contribution in [2.75, 3.05) is 13.2 Å². The summed E-state index contributed by atoms with van der Waals surface area (Å²) in [5, 5.41) is 0. The summed E-state index contributed by atoms with van der Waals surface area (Å²) >= 11 is 0. The van der Waals surface area contributed by atoms with Crippen LogP contribution >= 0.6 is 0 Å². The van der Waals surface area contributed by atoms with Crippen LogP contribution in [0.25, 0.3) is 0 Å². The summed E-state index contributed by atoms with van der Waals surface area (Å²) in [7, 11) is 0. The third-order valence-electron chi connectivity index (χ3n) is 4.61. The van der Waals surface area contributed by atoms with E-state index in [-0.39, 0.29) is 0 Å². The van der Waals surface area contributed by atoms with Crippen LogP contribution in [0.5, 0.6) is 0 Å². The summed E-state index contributed by atoms with van der Waals surface area (Å²) < 4.78 is 5.75. The van der Waals surface area contributed by atoms with Crippen LogP contribution in [0.3, 0.4) is 0 Å². The van der Waals surface area contributed by atoms with Gasteiger partial charge in [-0.3, -0.25) is 0 Å². The van der Waals surface area contributed by atoms with Gasteiger partial charge in [0.15, 0.2) is 0 Å². The maximum atomic E-state index is 5.75. The zero-order valence-corrected chi connectivity index (χ0v) is 16.9. The van der Waals surface area contributed by atoms with E-state index < -0.39 is 0 Å². The molecule has 0 saturated carbocycles. The topological polar surface area (TPSA) is 9.23 Å². The Hall–Kier alpha value is -0.0400. The summed E-state index contributed by atoms with van der Waals surface area (Å²) in [6.07, 6.45) is 20.7. The van der Waals surface area contributed by atoms with E-state index in [9.17, 15) is 0 Å². The lowest BCUT2D eigenvalue weighted by Crippen LogP contribution is -2.04. The van der Waals surface area contributed by atoms with Crippen LogP contribution in [0.15, 0.2) is 0 Å². The van der Waals surface area contributed by atoms with Crippen LogP contribution in [0.2, 0.25) is 0 Å². The van der Waals surface area contributed by atoms with Crippen LogP contribution in [0.1, 0.15) is 124 Å². The molecule has 0 saturated heterocycles. The van der Waals surface area contributed by atoms with E-state index in [1.807, 2.05) is 0 Å². The highest BCUT2D eigenvalue weighted by molar-refractivity contribution is 4.60. The van der Waals surface area contributed by atoms with E-state index >= 15 is 0 Å². The minimum Gasteiger partial charge on any atom is -0.381 e. The number of unbranched alkanes of at least 4 members (excludes halogenated alkanes) is 12. The molecule has 0 spiro atoms. The van der Waals surface area contributed by atoms with Crippen molar-refractivity contribution in [3.8, 4) is 0 Å². The SMILES string of the molecule is CCCCCCCCCCCCOCCCCCCC(C)(C)C. The van der Waals surface area contributed by atoms with E-state index in [0.29, 0.717) is 5.41 Å². The fourth-order valence-electron chi connectivity index (χ4n) is 3.01. The highest BCUT2D eigenvalue weighted by Gasteiger charge is 2.08. The molecule has 0 amide bonds. The summed E-state index contributed by atoms with van der Waals surface area (Å²) in [4.78, 5) is 0. The lowest BCUT2D eigenvalue weighted by Gasteiger charge is -2.17. The Bertz CT molecular complexity index is 217. The van der Waals surface area contributed by atoms with Gasteiger partial charge in [-0.25, -0.2) is 0 Å². The fourth-order valence-corrected chi connectivity index (χ4v) is 3.01. The molecule has 0 heterocycles. The van der Waals surface area contributed by atoms with E-state index in [1.54, 1.807) is 0 Å². The normalized spacial score (nSPS) is 12.0. The molecule has 1 heteroatoms. The lowest BCUT2D eigenvalue weighted by atomic mass is 9.89. The molecule has 0 atom stereocenters. The molecule has 23 heavy (non-hydrogen) atoms. The second-order valence-electron chi connectivity index (χ2n) is 8.52. The van der Waals surface area contributed by atoms with Crippen LogP contribution in [-0.2, 0) is 4.74 Å². The van der Waals surface area contributed by atoms with E-state index in [4.69, 9.17) is 4.74 Å². The first-order valence-corrected chi connectivity index (χ1v) is 10.6. The van der Waals surface area contributed by atoms with Crippen LogP contribution in [0, 0.1) is 5.41 Å². The van der Waals surface area contributed by atoms with Crippen molar-refractivity contribution in [2.24, 2.45) is 5.41 Å². The van der Waals surface area contributed by atoms with Gasteiger partial charge in [0.05, 0.1) is 0 Å². The molecule has 140 valence electrons. The maximum Gasteiger partial charge on any atom is 0.0466 e. The first-order chi connectivity index (χ1) is 11.1. The molecular formula is C22H46O. The van der Waals surface area contributed by atoms with Crippen LogP contribution < -0.4 is 0 Å². The van der Waals surface area contributed by atoms with Crippen LogP contribution in [-0.4, -0.2) is 13.2 Å². The molecule has 0 aliphatic rings. The molecule has 0 rings (SSSR count). The highest BCUT2D eigenvalue weighted by atomic mass is 16.5. The number of rotatable bonds is 17. The van der Waals surface area contributed by atoms with Crippen molar-refractivity contribution < 1.29 is 4.74 Å². The Morgan fingerprint density at radius 2 is 0.913 bits per heavy atom. The third-order valence-corrected chi connectivity index (χ3v) is 4.61. The van der Waals surface area contributed by atoms with E-state index in [2.05, 4.69) is 27.7 Å². The second-order valence-corrected chi connectivity index (χ2v) is 8.52. The molecule has 0 fully saturated rings. The summed E-state index contributed by atoms with van der Waals surface area (Å²) in [5.74, 6) is 0. The minimum absolute atomic E-state index is 0.506. The van der Waals surface area contributed by atoms with E-state index in [1.165, 1.54) is 96.3 Å². The molecule has 0 unspecified atom stereocenters. The smallest absolute Gasteiger partial charge is 0.0466 e. The second kappa shape index (κ2) is 16.8. The zero-order chi connectivity index (χ0) is 17.2. The lowest BCUT2D eigenvalue weighted by molar-refractivity contribution is 0.125. The number of ether oxygens (including phenoxy) is 1. The Kier molecular flexibility index (Phi) is 16.8. The molecule has 0 N–H and O–H groups in total. The van der Waals surface area contributed by atoms with Gasteiger partial charge in [-0.1, -0.05) is 105 Å². The summed E-state index contributed by atoms with van der Waals surface area (Å²) in [5.41, 5.74) is 0.506. The van der Waals surface area contributed by atoms with Gasteiger partial charge in [0.1, 0.15) is 0 Å². The quantitative estimate of drug-likeness (QED) is 0.247. The molecule has 0 aromatic heterocycles. The van der Waals surface area contributed by atoms with Gasteiger partial charge in [0, 0.05) is 13.2 Å². The molecule has 0 aliphatic carbocycles. The average Bonchev–Trinajstić information content (AvgIpc) is 2.49. The summed E-state index contributed by atoms with van der Waals surface area (Å²) in [6.45, 7) is 11.3. The number of hydrogen-bond donors (Lipinski definition) is 0. The Balaban J connectivity index is 3.00. The van der Waals surface area contributed by atoms with Crippen LogP contribution in [0.4, 0.5) is 0 Å². The standard InChI is InChI=1S/C22H46O/c1-5-6-7-8-9-10-11-12-14-17-20-23-21-18-15-13-16-19-22(2,3)4/h5-21H2,1-4H3. The fraction of sp³-hybridized carbons (Fsp3) is 1.00. The predicted molar refractivity (Wildman–Crippen MR) is 105 cm³/mol. The van der Waals surface area contributed by atoms with Gasteiger partial charge in [-0.2, -0.15) is 0 Å². The largest absolute Gasteiger partial charge is 0.381 e. The summed E-state index contributed by atoms with van der Waals surface area (Å²) in [6, 6.07) is 0. The van der Waals surface area contributed by atoms with Crippen molar-refractivity contribution in [1.29, 1.82) is 0 Å². The molecule has 0 radical (unpaired) electrons. The average molecular weight is 327 g/mol. The molecular weight excluding hydrogens is 280 g/mol. The van der Waals surface area contributed by atoms with E-state index in [0.717, 1.165) is 13.2 Å². The number of hydrogen-bond acceptors (Lipinski definition) is 1. The van der Waals surface area contributed by atoms with Crippen molar-refractivity contribution in [3.05, 3.63) is 0 Å². The highest BCUT2D eigenvalue weighted by Crippen LogP contribution is 2.22. The minimum atomic E-state index is 0.506. The third kappa shape index (κ3) is 22.0. The first-order valence-electron chi connectivity index (χ1n) is 10.6. The van der Waals surface area contributed by atoms with Crippen molar-refractivity contribution in [3.63, 3.8) is 0 Å². The Labute approximate surface area is 148 Å². The van der Waals surface area contributed by atoms with Gasteiger partial charge in [0.25, 0.3) is 0 Å². The predicted octanol–water partition coefficient (Wildman–Crippen LogP) is 7.92. The Morgan fingerprint density at radius 1 is 0.522 bits per heavy atom. The van der Waals surface area contributed by atoms with Gasteiger partial charge in [0.2, 0.25) is 0 Å². The maximum absolute atomic E-state index is 5.75. The van der Waals surface area contributed by atoms with Crippen molar-refractivity contribution in [2.45, 2.75) is 124 Å². The van der Waals surface area contributed by atoms with Gasteiger partial charge in [-0.05, 0) is 24.7 Å². The zero-order valence-electron chi connectivity index (χ0n) is 16.9. The first kappa shape index (κ1) is 23.0. The molecule has 0 aromatic carbocycles.